The molecule has 1 aromatic carbocycles. The third-order valence-electron chi connectivity index (χ3n) is 5.76. The van der Waals surface area contributed by atoms with Gasteiger partial charge in [0.1, 0.15) is 6.10 Å². The van der Waals surface area contributed by atoms with Crippen molar-refractivity contribution in [2.45, 2.75) is 45.3 Å². The van der Waals surface area contributed by atoms with Crippen molar-refractivity contribution < 1.29 is 23.7 Å². The van der Waals surface area contributed by atoms with Crippen molar-refractivity contribution in [2.24, 2.45) is 11.8 Å². The molecule has 1 fully saturated rings. The predicted molar refractivity (Wildman–Crippen MR) is 107 cm³/mol. The minimum absolute atomic E-state index is 0.181. The second-order valence-corrected chi connectivity index (χ2v) is 8.17. The lowest BCUT2D eigenvalue weighted by Gasteiger charge is -2.47. The molecule has 0 aromatic heterocycles. The fraction of sp³-hybridized carbons (Fsp3) is 0.667. The molecule has 0 bridgehead atoms. The molecule has 0 spiro atoms. The molecule has 1 saturated heterocycles. The van der Waals surface area contributed by atoms with Crippen LogP contribution in [-0.2, 0) is 15.9 Å². The van der Waals surface area contributed by atoms with Gasteiger partial charge in [0.05, 0.1) is 14.2 Å². The third kappa shape index (κ3) is 4.49. The SMILES string of the molecule is COc1cc2c(cc1OC)C1CC(OC(=O)OCCl)C(CC(C)C)CN1CC2. The lowest BCUT2D eigenvalue weighted by molar-refractivity contribution is -0.0506. The van der Waals surface area contributed by atoms with E-state index in [1.165, 1.54) is 11.1 Å². The molecule has 0 amide bonds. The number of hydrogen-bond donors (Lipinski definition) is 0. The maximum Gasteiger partial charge on any atom is 0.509 e. The van der Waals surface area contributed by atoms with Crippen LogP contribution in [0.3, 0.4) is 0 Å². The van der Waals surface area contributed by atoms with E-state index in [1.807, 2.05) is 0 Å². The highest BCUT2D eigenvalue weighted by molar-refractivity contribution is 6.17. The van der Waals surface area contributed by atoms with Crippen LogP contribution in [0.5, 0.6) is 11.5 Å². The Hall–Kier alpha value is -1.66. The number of carbonyl (C=O) groups is 1. The Kier molecular flexibility index (Phi) is 6.94. The maximum atomic E-state index is 12.0. The normalized spacial score (nSPS) is 24.3. The highest BCUT2D eigenvalue weighted by Gasteiger charge is 2.41. The van der Waals surface area contributed by atoms with E-state index in [0.29, 0.717) is 5.92 Å². The number of benzene rings is 1. The molecule has 2 heterocycles. The zero-order valence-corrected chi connectivity index (χ0v) is 17.8. The van der Waals surface area contributed by atoms with Crippen LogP contribution in [0.25, 0.3) is 0 Å². The standard InChI is InChI=1S/C21H30ClNO5/c1-13(2)7-15-11-23-6-5-14-8-19(25-3)20(26-4)9-16(14)17(23)10-18(15)28-21(24)27-12-22/h8-9,13,15,17-18H,5-7,10-12H2,1-4H3. The smallest absolute Gasteiger partial charge is 0.493 e. The summed E-state index contributed by atoms with van der Waals surface area (Å²) in [5, 5.41) is 0. The number of carbonyl (C=O) groups excluding carboxylic acids is 1. The largest absolute Gasteiger partial charge is 0.509 e. The number of halogens is 1. The molecule has 3 rings (SSSR count). The maximum absolute atomic E-state index is 12.0. The van der Waals surface area contributed by atoms with Gasteiger partial charge >= 0.3 is 6.16 Å². The summed E-state index contributed by atoms with van der Waals surface area (Å²) in [5.74, 6) is 2.28. The summed E-state index contributed by atoms with van der Waals surface area (Å²) in [6.45, 7) is 6.28. The number of hydrogen-bond acceptors (Lipinski definition) is 6. The van der Waals surface area contributed by atoms with Gasteiger partial charge in [0.15, 0.2) is 17.6 Å². The fourth-order valence-corrected chi connectivity index (χ4v) is 4.67. The molecule has 0 radical (unpaired) electrons. The summed E-state index contributed by atoms with van der Waals surface area (Å²) >= 11 is 5.52. The Bertz CT molecular complexity index is 696. The molecule has 2 aliphatic heterocycles. The number of nitrogens with zero attached hydrogens (tertiary/aromatic N) is 1. The van der Waals surface area contributed by atoms with E-state index in [2.05, 4.69) is 30.9 Å². The van der Waals surface area contributed by atoms with E-state index in [9.17, 15) is 4.79 Å². The zero-order valence-electron chi connectivity index (χ0n) is 17.1. The topological polar surface area (TPSA) is 57.2 Å². The number of ether oxygens (including phenoxy) is 4. The van der Waals surface area contributed by atoms with E-state index in [1.54, 1.807) is 14.2 Å². The van der Waals surface area contributed by atoms with Crippen molar-refractivity contribution >= 4 is 17.8 Å². The van der Waals surface area contributed by atoms with E-state index in [-0.39, 0.29) is 24.1 Å². The van der Waals surface area contributed by atoms with Crippen LogP contribution in [0.1, 0.15) is 43.9 Å². The summed E-state index contributed by atoms with van der Waals surface area (Å²) in [4.78, 5) is 14.5. The lowest BCUT2D eigenvalue weighted by Crippen LogP contribution is -2.49. The van der Waals surface area contributed by atoms with Gasteiger partial charge < -0.3 is 18.9 Å². The van der Waals surface area contributed by atoms with Gasteiger partial charge in [0, 0.05) is 31.5 Å². The monoisotopic (exact) mass is 411 g/mol. The van der Waals surface area contributed by atoms with Gasteiger partial charge in [0.25, 0.3) is 0 Å². The minimum Gasteiger partial charge on any atom is -0.493 e. The van der Waals surface area contributed by atoms with E-state index >= 15 is 0 Å². The van der Waals surface area contributed by atoms with Gasteiger partial charge in [-0.1, -0.05) is 25.4 Å². The minimum atomic E-state index is -0.689. The van der Waals surface area contributed by atoms with Gasteiger partial charge in [0.2, 0.25) is 0 Å². The van der Waals surface area contributed by atoms with Gasteiger partial charge in [-0.15, -0.1) is 0 Å². The van der Waals surface area contributed by atoms with E-state index < -0.39 is 6.16 Å². The first-order valence-corrected chi connectivity index (χ1v) is 10.4. The molecular weight excluding hydrogens is 382 g/mol. The average molecular weight is 412 g/mol. The molecular formula is C21H30ClNO5. The Labute approximate surface area is 172 Å². The summed E-state index contributed by atoms with van der Waals surface area (Å²) in [7, 11) is 3.31. The zero-order chi connectivity index (χ0) is 20.3. The third-order valence-corrected chi connectivity index (χ3v) is 5.87. The molecule has 0 aliphatic carbocycles. The van der Waals surface area contributed by atoms with Crippen molar-refractivity contribution in [3.63, 3.8) is 0 Å². The summed E-state index contributed by atoms with van der Waals surface area (Å²) in [6, 6.07) is 4.13. The van der Waals surface area contributed by atoms with Crippen molar-refractivity contribution in [3.8, 4) is 11.5 Å². The van der Waals surface area contributed by atoms with Crippen molar-refractivity contribution in [1.29, 1.82) is 0 Å². The molecule has 156 valence electrons. The van der Waals surface area contributed by atoms with Gasteiger partial charge in [-0.25, -0.2) is 4.79 Å². The first-order chi connectivity index (χ1) is 13.5. The van der Waals surface area contributed by atoms with Crippen LogP contribution >= 0.6 is 11.6 Å². The van der Waals surface area contributed by atoms with Crippen LogP contribution in [0.4, 0.5) is 4.79 Å². The van der Waals surface area contributed by atoms with Crippen molar-refractivity contribution in [3.05, 3.63) is 23.3 Å². The molecule has 7 heteroatoms. The number of fused-ring (bicyclic) bond motifs is 3. The van der Waals surface area contributed by atoms with Crippen LogP contribution < -0.4 is 9.47 Å². The predicted octanol–water partition coefficient (Wildman–Crippen LogP) is 4.39. The summed E-state index contributed by atoms with van der Waals surface area (Å²) in [5.41, 5.74) is 2.49. The number of methoxy groups -OCH3 is 2. The Morgan fingerprint density at radius 1 is 1.25 bits per heavy atom. The summed E-state index contributed by atoms with van der Waals surface area (Å²) < 4.78 is 21.5. The van der Waals surface area contributed by atoms with Gasteiger partial charge in [-0.05, 0) is 42.0 Å². The van der Waals surface area contributed by atoms with Gasteiger partial charge in [-0.2, -0.15) is 0 Å². The van der Waals surface area contributed by atoms with Crippen LogP contribution in [-0.4, -0.2) is 50.5 Å². The molecule has 1 aromatic rings. The first-order valence-electron chi connectivity index (χ1n) is 9.85. The quantitative estimate of drug-likeness (QED) is 0.511. The number of rotatable bonds is 6. The molecule has 3 unspecified atom stereocenters. The molecule has 0 N–H and O–H groups in total. The molecule has 28 heavy (non-hydrogen) atoms. The van der Waals surface area contributed by atoms with Crippen molar-refractivity contribution in [1.82, 2.24) is 4.90 Å². The highest BCUT2D eigenvalue weighted by Crippen LogP contribution is 2.44. The van der Waals surface area contributed by atoms with Gasteiger partial charge in [-0.3, -0.25) is 4.90 Å². The van der Waals surface area contributed by atoms with E-state index in [4.69, 9.17) is 30.5 Å². The summed E-state index contributed by atoms with van der Waals surface area (Å²) in [6.07, 6.45) is 1.82. The first kappa shape index (κ1) is 21.1. The average Bonchev–Trinajstić information content (AvgIpc) is 2.67. The molecule has 3 atom stereocenters. The molecule has 0 saturated carbocycles. The van der Waals surface area contributed by atoms with E-state index in [0.717, 1.165) is 43.9 Å². The Balaban J connectivity index is 1.87. The lowest BCUT2D eigenvalue weighted by atomic mass is 9.79. The molecule has 2 aliphatic rings. The fourth-order valence-electron chi connectivity index (χ4n) is 4.58. The molecule has 6 nitrogen and oxygen atoms in total. The Morgan fingerprint density at radius 3 is 2.61 bits per heavy atom. The second-order valence-electron chi connectivity index (χ2n) is 7.95. The second kappa shape index (κ2) is 9.23. The van der Waals surface area contributed by atoms with Crippen LogP contribution in [0, 0.1) is 11.8 Å². The highest BCUT2D eigenvalue weighted by atomic mass is 35.5. The number of alkyl halides is 1. The Morgan fingerprint density at radius 2 is 1.96 bits per heavy atom. The van der Waals surface area contributed by atoms with Crippen LogP contribution in [0.2, 0.25) is 0 Å². The van der Waals surface area contributed by atoms with Crippen molar-refractivity contribution in [2.75, 3.05) is 33.4 Å². The number of piperidine rings is 1. The van der Waals surface area contributed by atoms with Crippen LogP contribution in [0.15, 0.2) is 12.1 Å².